The van der Waals surface area contributed by atoms with Gasteiger partial charge in [-0.25, -0.2) is 14.4 Å². The van der Waals surface area contributed by atoms with Crippen LogP contribution < -0.4 is 10.6 Å². The Bertz CT molecular complexity index is 1560. The van der Waals surface area contributed by atoms with Crippen LogP contribution in [-0.2, 0) is 13.6 Å². The number of carbonyl (C=O) groups is 1. The first-order valence-corrected chi connectivity index (χ1v) is 13.0. The fourth-order valence-electron chi connectivity index (χ4n) is 4.31. The zero-order chi connectivity index (χ0) is 28.1. The summed E-state index contributed by atoms with van der Waals surface area (Å²) in [6, 6.07) is 10.2. The van der Waals surface area contributed by atoms with Gasteiger partial charge < -0.3 is 15.5 Å². The molecule has 0 saturated carbocycles. The first-order chi connectivity index (χ1) is 19.3. The van der Waals surface area contributed by atoms with E-state index in [0.717, 1.165) is 37.4 Å². The van der Waals surface area contributed by atoms with Crippen LogP contribution in [0.4, 0.5) is 21.7 Å². The van der Waals surface area contributed by atoms with Gasteiger partial charge in [-0.05, 0) is 43.8 Å². The predicted molar refractivity (Wildman–Crippen MR) is 153 cm³/mol. The zero-order valence-corrected chi connectivity index (χ0v) is 22.8. The first kappa shape index (κ1) is 27.0. The summed E-state index contributed by atoms with van der Waals surface area (Å²) in [4.78, 5) is 26.1. The van der Waals surface area contributed by atoms with Crippen molar-refractivity contribution >= 4 is 23.2 Å². The Morgan fingerprint density at radius 2 is 1.75 bits per heavy atom. The molecule has 5 rings (SSSR count). The molecule has 204 valence electrons. The number of nitrogens with one attached hydrogen (secondary N) is 2. The van der Waals surface area contributed by atoms with Crippen LogP contribution >= 0.6 is 0 Å². The maximum absolute atomic E-state index is 14.8. The van der Waals surface area contributed by atoms with Crippen molar-refractivity contribution in [2.45, 2.75) is 13.5 Å². The molecule has 9 nitrogen and oxygen atoms in total. The number of halogens is 1. The molecule has 0 bridgehead atoms. The number of rotatable bonds is 6. The second kappa shape index (κ2) is 12.1. The first-order valence-electron chi connectivity index (χ1n) is 13.0. The Balaban J connectivity index is 1.22. The van der Waals surface area contributed by atoms with Gasteiger partial charge in [-0.3, -0.25) is 14.4 Å². The average molecular weight is 539 g/mol. The lowest BCUT2D eigenvalue weighted by molar-refractivity contribution is 0.102. The van der Waals surface area contributed by atoms with Gasteiger partial charge in [-0.15, -0.1) is 0 Å². The number of hydrogen-bond donors (Lipinski definition) is 2. The number of nitrogens with zero attached hydrogens (tertiary/aromatic N) is 6. The van der Waals surface area contributed by atoms with E-state index >= 15 is 0 Å². The number of anilines is 3. The normalized spacial score (nSPS) is 13.9. The molecule has 1 saturated heterocycles. The molecule has 2 aromatic heterocycles. The summed E-state index contributed by atoms with van der Waals surface area (Å²) in [6.45, 7) is 6.26. The maximum atomic E-state index is 14.8. The highest BCUT2D eigenvalue weighted by atomic mass is 19.1. The highest BCUT2D eigenvalue weighted by molar-refractivity contribution is 6.04. The number of hydrogen-bond acceptors (Lipinski definition) is 7. The quantitative estimate of drug-likeness (QED) is 0.361. The molecule has 1 aliphatic heterocycles. The fraction of sp³-hybridized carbons (Fsp3) is 0.267. The highest BCUT2D eigenvalue weighted by Crippen LogP contribution is 2.19. The van der Waals surface area contributed by atoms with E-state index in [1.165, 1.54) is 6.07 Å². The van der Waals surface area contributed by atoms with Crippen molar-refractivity contribution in [2.75, 3.05) is 43.9 Å². The van der Waals surface area contributed by atoms with E-state index in [1.54, 1.807) is 47.5 Å². The van der Waals surface area contributed by atoms with Crippen LogP contribution in [0.25, 0.3) is 0 Å². The molecular weight excluding hydrogens is 507 g/mol. The van der Waals surface area contributed by atoms with E-state index in [-0.39, 0.29) is 11.7 Å². The van der Waals surface area contributed by atoms with Gasteiger partial charge in [0.1, 0.15) is 5.82 Å². The SMILES string of the molecule is Cc1ccc(C(=O)Nc2ccc(CN3CCN(C)CC3)c(F)c2)cc1C#Cc1cnc(Nc2cnn(C)c2)nc1. The lowest BCUT2D eigenvalue weighted by Crippen LogP contribution is -2.44. The van der Waals surface area contributed by atoms with Crippen LogP contribution in [-0.4, -0.2) is 68.7 Å². The van der Waals surface area contributed by atoms with E-state index < -0.39 is 0 Å². The van der Waals surface area contributed by atoms with Gasteiger partial charge in [-0.1, -0.05) is 24.0 Å². The number of benzene rings is 2. The van der Waals surface area contributed by atoms with Crippen LogP contribution in [0.2, 0.25) is 0 Å². The molecule has 40 heavy (non-hydrogen) atoms. The lowest BCUT2D eigenvalue weighted by Gasteiger charge is -2.32. The molecule has 1 amide bonds. The smallest absolute Gasteiger partial charge is 0.255 e. The summed E-state index contributed by atoms with van der Waals surface area (Å²) in [5.41, 5.74) is 4.53. The van der Waals surface area contributed by atoms with Crippen LogP contribution in [0.15, 0.2) is 61.2 Å². The standard InChI is InChI=1S/C30H31FN8O/c1-21-4-6-24(14-23(21)7-5-22-16-32-30(33-17-22)36-27-18-34-38(3)20-27)29(40)35-26-9-8-25(28(31)15-26)19-39-12-10-37(2)11-13-39/h4,6,8-9,14-18,20H,10-13,19H2,1-3H3,(H,35,40)(H,32,33,36). The summed E-state index contributed by atoms with van der Waals surface area (Å²) in [6.07, 6.45) is 6.77. The number of amides is 1. The molecule has 0 aliphatic carbocycles. The molecule has 4 aromatic rings. The second-order valence-corrected chi connectivity index (χ2v) is 9.94. The number of carbonyl (C=O) groups excluding carboxylic acids is 1. The second-order valence-electron chi connectivity index (χ2n) is 9.94. The fourth-order valence-corrected chi connectivity index (χ4v) is 4.31. The van der Waals surface area contributed by atoms with Crippen LogP contribution in [0.3, 0.4) is 0 Å². The highest BCUT2D eigenvalue weighted by Gasteiger charge is 2.16. The summed E-state index contributed by atoms with van der Waals surface area (Å²) in [5, 5.41) is 9.98. The van der Waals surface area contributed by atoms with Crippen LogP contribution in [0.1, 0.15) is 32.6 Å². The molecule has 0 spiro atoms. The summed E-state index contributed by atoms with van der Waals surface area (Å²) in [5.74, 6) is 5.95. The third kappa shape index (κ3) is 6.88. The minimum atomic E-state index is -0.330. The molecule has 0 atom stereocenters. The summed E-state index contributed by atoms with van der Waals surface area (Å²) in [7, 11) is 3.93. The van der Waals surface area contributed by atoms with Gasteiger partial charge in [0.2, 0.25) is 5.95 Å². The molecular formula is C30H31FN8O. The zero-order valence-electron chi connectivity index (χ0n) is 22.8. The summed E-state index contributed by atoms with van der Waals surface area (Å²) >= 11 is 0. The minimum absolute atomic E-state index is 0.323. The average Bonchev–Trinajstić information content (AvgIpc) is 3.36. The van der Waals surface area contributed by atoms with Crippen molar-refractivity contribution in [3.05, 3.63) is 94.8 Å². The number of likely N-dealkylation sites (N-methyl/N-ethyl adjacent to an activating group) is 1. The summed E-state index contributed by atoms with van der Waals surface area (Å²) < 4.78 is 16.5. The van der Waals surface area contributed by atoms with Gasteiger partial charge in [0, 0.05) is 80.7 Å². The van der Waals surface area contributed by atoms with E-state index in [9.17, 15) is 9.18 Å². The van der Waals surface area contributed by atoms with Crippen LogP contribution in [0.5, 0.6) is 0 Å². The predicted octanol–water partition coefficient (Wildman–Crippen LogP) is 3.80. The third-order valence-electron chi connectivity index (χ3n) is 6.75. The molecule has 0 unspecified atom stereocenters. The molecule has 2 aromatic carbocycles. The van der Waals surface area contributed by atoms with Gasteiger partial charge in [0.25, 0.3) is 5.91 Å². The Morgan fingerprint density at radius 3 is 2.45 bits per heavy atom. The number of aromatic nitrogens is 4. The Labute approximate surface area is 233 Å². The lowest BCUT2D eigenvalue weighted by atomic mass is 10.0. The molecule has 1 aliphatic rings. The van der Waals surface area contributed by atoms with Crippen molar-refractivity contribution in [1.29, 1.82) is 0 Å². The van der Waals surface area contributed by atoms with E-state index in [2.05, 4.69) is 54.4 Å². The molecule has 2 N–H and O–H groups in total. The topological polar surface area (TPSA) is 91.2 Å². The van der Waals surface area contributed by atoms with Gasteiger partial charge >= 0.3 is 0 Å². The van der Waals surface area contributed by atoms with Crippen LogP contribution in [0, 0.1) is 24.6 Å². The minimum Gasteiger partial charge on any atom is -0.322 e. The van der Waals surface area contributed by atoms with Crippen molar-refractivity contribution in [2.24, 2.45) is 7.05 Å². The maximum Gasteiger partial charge on any atom is 0.255 e. The number of aryl methyl sites for hydroxylation is 2. The third-order valence-corrected chi connectivity index (χ3v) is 6.75. The molecule has 0 radical (unpaired) electrons. The van der Waals surface area contributed by atoms with E-state index in [0.29, 0.717) is 40.4 Å². The van der Waals surface area contributed by atoms with Crippen molar-refractivity contribution in [3.63, 3.8) is 0 Å². The van der Waals surface area contributed by atoms with Gasteiger partial charge in [-0.2, -0.15) is 5.10 Å². The van der Waals surface area contributed by atoms with E-state index in [1.807, 2.05) is 26.2 Å². The Kier molecular flexibility index (Phi) is 8.15. The molecule has 10 heteroatoms. The van der Waals surface area contributed by atoms with Crippen molar-refractivity contribution in [1.82, 2.24) is 29.5 Å². The Hall–Kier alpha value is -4.59. The van der Waals surface area contributed by atoms with Crippen molar-refractivity contribution in [3.8, 4) is 11.8 Å². The van der Waals surface area contributed by atoms with Gasteiger partial charge in [0.05, 0.1) is 17.4 Å². The Morgan fingerprint density at radius 1 is 0.975 bits per heavy atom. The monoisotopic (exact) mass is 538 g/mol. The van der Waals surface area contributed by atoms with E-state index in [4.69, 9.17) is 0 Å². The van der Waals surface area contributed by atoms with Crippen molar-refractivity contribution < 1.29 is 9.18 Å². The number of piperazine rings is 1. The van der Waals surface area contributed by atoms with Gasteiger partial charge in [0.15, 0.2) is 0 Å². The molecule has 3 heterocycles. The largest absolute Gasteiger partial charge is 0.322 e. The molecule has 1 fully saturated rings.